The first kappa shape index (κ1) is 18.3. The van der Waals surface area contributed by atoms with Gasteiger partial charge >= 0.3 is 6.03 Å². The van der Waals surface area contributed by atoms with Crippen LogP contribution in [0.15, 0.2) is 78.9 Å². The predicted molar refractivity (Wildman–Crippen MR) is 108 cm³/mol. The number of nitrogens with zero attached hydrogens (tertiary/aromatic N) is 1. The van der Waals surface area contributed by atoms with Crippen molar-refractivity contribution in [3.8, 4) is 0 Å². The molecule has 26 heavy (non-hydrogen) atoms. The van der Waals surface area contributed by atoms with Crippen molar-refractivity contribution in [2.24, 2.45) is 0 Å². The SMILES string of the molecule is O=C(Nc1ccc(Cl)cc1)N(Cc1ccccc1)Cc1ccc(Cl)cc1. The van der Waals surface area contributed by atoms with E-state index in [1.165, 1.54) is 0 Å². The number of carbonyl (C=O) groups excluding carboxylic acids is 1. The third kappa shape index (κ3) is 5.25. The predicted octanol–water partition coefficient (Wildman–Crippen LogP) is 6.23. The zero-order valence-electron chi connectivity index (χ0n) is 14.0. The van der Waals surface area contributed by atoms with Crippen LogP contribution in [-0.4, -0.2) is 10.9 Å². The fourth-order valence-electron chi connectivity index (χ4n) is 2.55. The summed E-state index contributed by atoms with van der Waals surface area (Å²) >= 11 is 11.9. The van der Waals surface area contributed by atoms with E-state index in [4.69, 9.17) is 23.2 Å². The van der Waals surface area contributed by atoms with Gasteiger partial charge in [-0.1, -0.05) is 65.7 Å². The third-order valence-corrected chi connectivity index (χ3v) is 4.39. The van der Waals surface area contributed by atoms with Crippen LogP contribution in [0.25, 0.3) is 0 Å². The summed E-state index contributed by atoms with van der Waals surface area (Å²) < 4.78 is 0. The highest BCUT2D eigenvalue weighted by molar-refractivity contribution is 6.30. The summed E-state index contributed by atoms with van der Waals surface area (Å²) in [7, 11) is 0. The van der Waals surface area contributed by atoms with Crippen LogP contribution < -0.4 is 5.32 Å². The number of benzene rings is 3. The molecular weight excluding hydrogens is 367 g/mol. The maximum Gasteiger partial charge on any atom is 0.322 e. The minimum atomic E-state index is -0.175. The van der Waals surface area contributed by atoms with Crippen LogP contribution in [0.4, 0.5) is 10.5 Å². The van der Waals surface area contributed by atoms with Crippen molar-refractivity contribution in [1.29, 1.82) is 0 Å². The Morgan fingerprint density at radius 1 is 0.731 bits per heavy atom. The van der Waals surface area contributed by atoms with Crippen LogP contribution in [0.1, 0.15) is 11.1 Å². The maximum atomic E-state index is 12.8. The van der Waals surface area contributed by atoms with Gasteiger partial charge in [-0.15, -0.1) is 0 Å². The van der Waals surface area contributed by atoms with Gasteiger partial charge in [0, 0.05) is 28.8 Å². The Labute approximate surface area is 163 Å². The minimum Gasteiger partial charge on any atom is -0.316 e. The van der Waals surface area contributed by atoms with Crippen molar-refractivity contribution < 1.29 is 4.79 Å². The largest absolute Gasteiger partial charge is 0.322 e. The van der Waals surface area contributed by atoms with Crippen LogP contribution in [0.5, 0.6) is 0 Å². The third-order valence-electron chi connectivity index (χ3n) is 3.89. The van der Waals surface area contributed by atoms with E-state index < -0.39 is 0 Å². The van der Waals surface area contributed by atoms with Gasteiger partial charge in [-0.25, -0.2) is 4.79 Å². The number of hydrogen-bond donors (Lipinski definition) is 1. The van der Waals surface area contributed by atoms with Gasteiger partial charge < -0.3 is 10.2 Å². The van der Waals surface area contributed by atoms with Crippen molar-refractivity contribution in [1.82, 2.24) is 4.90 Å². The Kier molecular flexibility index (Phi) is 6.16. The number of amides is 2. The molecule has 1 N–H and O–H groups in total. The Morgan fingerprint density at radius 2 is 1.23 bits per heavy atom. The Hall–Kier alpha value is -2.49. The number of hydrogen-bond acceptors (Lipinski definition) is 1. The molecule has 0 saturated heterocycles. The van der Waals surface area contributed by atoms with E-state index in [0.29, 0.717) is 28.8 Å². The summed E-state index contributed by atoms with van der Waals surface area (Å²) in [5, 5.41) is 4.23. The van der Waals surface area contributed by atoms with Gasteiger partial charge in [0.25, 0.3) is 0 Å². The van der Waals surface area contributed by atoms with Gasteiger partial charge in [0.05, 0.1) is 0 Å². The van der Waals surface area contributed by atoms with Crippen molar-refractivity contribution in [3.05, 3.63) is 100 Å². The van der Waals surface area contributed by atoms with Crippen molar-refractivity contribution >= 4 is 34.9 Å². The van der Waals surface area contributed by atoms with Gasteiger partial charge in [-0.05, 0) is 47.5 Å². The van der Waals surface area contributed by atoms with Crippen LogP contribution in [-0.2, 0) is 13.1 Å². The van der Waals surface area contributed by atoms with Gasteiger partial charge in [-0.3, -0.25) is 0 Å². The quantitative estimate of drug-likeness (QED) is 0.555. The monoisotopic (exact) mass is 384 g/mol. The van der Waals surface area contributed by atoms with E-state index in [1.807, 2.05) is 54.6 Å². The summed E-state index contributed by atoms with van der Waals surface area (Å²) in [6, 6.07) is 24.3. The molecule has 3 rings (SSSR count). The number of rotatable bonds is 5. The van der Waals surface area contributed by atoms with E-state index in [2.05, 4.69) is 5.32 Å². The highest BCUT2D eigenvalue weighted by atomic mass is 35.5. The molecule has 0 fully saturated rings. The molecule has 0 radical (unpaired) electrons. The lowest BCUT2D eigenvalue weighted by Crippen LogP contribution is -2.34. The molecule has 0 bridgehead atoms. The second-order valence-electron chi connectivity index (χ2n) is 5.91. The average molecular weight is 385 g/mol. The molecule has 3 aromatic carbocycles. The second-order valence-corrected chi connectivity index (χ2v) is 6.78. The second kappa shape index (κ2) is 8.75. The van der Waals surface area contributed by atoms with Crippen LogP contribution in [0.3, 0.4) is 0 Å². The molecule has 0 heterocycles. The fourth-order valence-corrected chi connectivity index (χ4v) is 2.80. The Bertz CT molecular complexity index is 849. The molecule has 0 aliphatic carbocycles. The lowest BCUT2D eigenvalue weighted by Gasteiger charge is -2.23. The normalized spacial score (nSPS) is 10.4. The van der Waals surface area contributed by atoms with E-state index in [9.17, 15) is 4.79 Å². The van der Waals surface area contributed by atoms with Gasteiger partial charge in [-0.2, -0.15) is 0 Å². The maximum absolute atomic E-state index is 12.8. The molecule has 2 amide bonds. The summed E-state index contributed by atoms with van der Waals surface area (Å²) in [5.41, 5.74) is 2.78. The van der Waals surface area contributed by atoms with E-state index in [1.54, 1.807) is 29.2 Å². The van der Waals surface area contributed by atoms with Crippen molar-refractivity contribution in [2.45, 2.75) is 13.1 Å². The standard InChI is InChI=1S/C21H18Cl2N2O/c22-18-8-6-17(7-9-18)15-25(14-16-4-2-1-3-5-16)21(26)24-20-12-10-19(23)11-13-20/h1-13H,14-15H2,(H,24,26). The molecule has 0 unspecified atom stereocenters. The summed E-state index contributed by atoms with van der Waals surface area (Å²) in [4.78, 5) is 14.6. The van der Waals surface area contributed by atoms with Gasteiger partial charge in [0.15, 0.2) is 0 Å². The number of urea groups is 1. The zero-order valence-corrected chi connectivity index (χ0v) is 15.5. The number of nitrogens with one attached hydrogen (secondary N) is 1. The molecule has 3 aromatic rings. The molecule has 0 aliphatic heterocycles. The molecule has 5 heteroatoms. The first-order chi connectivity index (χ1) is 12.6. The minimum absolute atomic E-state index is 0.175. The summed E-state index contributed by atoms with van der Waals surface area (Å²) in [6.07, 6.45) is 0. The highest BCUT2D eigenvalue weighted by Gasteiger charge is 2.15. The van der Waals surface area contributed by atoms with E-state index in [0.717, 1.165) is 11.1 Å². The fraction of sp³-hybridized carbons (Fsp3) is 0.0952. The number of carbonyl (C=O) groups is 1. The topological polar surface area (TPSA) is 32.3 Å². The molecule has 0 aromatic heterocycles. The lowest BCUT2D eigenvalue weighted by atomic mass is 10.2. The Morgan fingerprint density at radius 3 is 1.81 bits per heavy atom. The number of halogens is 2. The molecule has 132 valence electrons. The first-order valence-electron chi connectivity index (χ1n) is 8.20. The van der Waals surface area contributed by atoms with Crippen LogP contribution in [0, 0.1) is 0 Å². The van der Waals surface area contributed by atoms with Gasteiger partial charge in [0.2, 0.25) is 0 Å². The summed E-state index contributed by atoms with van der Waals surface area (Å²) in [5.74, 6) is 0. The molecule has 0 atom stereocenters. The van der Waals surface area contributed by atoms with E-state index in [-0.39, 0.29) is 6.03 Å². The smallest absolute Gasteiger partial charge is 0.316 e. The van der Waals surface area contributed by atoms with E-state index >= 15 is 0 Å². The van der Waals surface area contributed by atoms with Crippen molar-refractivity contribution in [2.75, 3.05) is 5.32 Å². The molecule has 0 aliphatic rings. The number of anilines is 1. The van der Waals surface area contributed by atoms with Gasteiger partial charge in [0.1, 0.15) is 0 Å². The zero-order chi connectivity index (χ0) is 18.4. The Balaban J connectivity index is 1.77. The van der Waals surface area contributed by atoms with Crippen LogP contribution >= 0.6 is 23.2 Å². The average Bonchev–Trinajstić information content (AvgIpc) is 2.65. The highest BCUT2D eigenvalue weighted by Crippen LogP contribution is 2.17. The molecule has 0 saturated carbocycles. The van der Waals surface area contributed by atoms with Crippen molar-refractivity contribution in [3.63, 3.8) is 0 Å². The lowest BCUT2D eigenvalue weighted by molar-refractivity contribution is 0.206. The van der Waals surface area contributed by atoms with Crippen LogP contribution in [0.2, 0.25) is 10.0 Å². The molecule has 0 spiro atoms. The summed E-state index contributed by atoms with van der Waals surface area (Å²) in [6.45, 7) is 0.981. The first-order valence-corrected chi connectivity index (χ1v) is 8.95. The molecular formula is C21H18Cl2N2O. The molecule has 3 nitrogen and oxygen atoms in total.